The van der Waals surface area contributed by atoms with Crippen LogP contribution < -0.4 is 19.5 Å². The molecule has 0 saturated carbocycles. The highest BCUT2D eigenvalue weighted by atomic mass is 35.5. The smallest absolute Gasteiger partial charge is 0.231 e. The molecule has 0 bridgehead atoms. The zero-order valence-corrected chi connectivity index (χ0v) is 21.8. The number of aliphatic hydroxyl groups is 1. The zero-order valence-electron chi connectivity index (χ0n) is 21.0. The number of benzene rings is 2. The molecule has 4 rings (SSSR count). The first kappa shape index (κ1) is 26.2. The van der Waals surface area contributed by atoms with Crippen LogP contribution >= 0.6 is 11.6 Å². The number of ketones is 2. The average molecular weight is 527 g/mol. The van der Waals surface area contributed by atoms with Crippen molar-refractivity contribution in [3.63, 3.8) is 0 Å². The van der Waals surface area contributed by atoms with Crippen LogP contribution in [0.25, 0.3) is 0 Å². The molecule has 9 nitrogen and oxygen atoms in total. The van der Waals surface area contributed by atoms with Gasteiger partial charge in [0, 0.05) is 36.2 Å². The van der Waals surface area contributed by atoms with Gasteiger partial charge in [-0.1, -0.05) is 32.4 Å². The molecule has 1 aliphatic heterocycles. The summed E-state index contributed by atoms with van der Waals surface area (Å²) in [7, 11) is 2.81. The Morgan fingerprint density at radius 1 is 1.22 bits per heavy atom. The normalized spacial score (nSPS) is 21.0. The van der Waals surface area contributed by atoms with E-state index in [-0.39, 0.29) is 57.4 Å². The van der Waals surface area contributed by atoms with E-state index in [4.69, 9.17) is 25.8 Å². The maximum Gasteiger partial charge on any atom is 0.231 e. The van der Waals surface area contributed by atoms with Crippen LogP contribution in [0.2, 0.25) is 5.02 Å². The number of Topliss-reactive ketones (excluding diaryl/α,β-unsaturated/α-hetero) is 2. The summed E-state index contributed by atoms with van der Waals surface area (Å²) in [5.41, 5.74) is -0.869. The minimum atomic E-state index is -1.87. The van der Waals surface area contributed by atoms with E-state index in [2.05, 4.69) is 10.3 Å². The number of nitrogens with one attached hydrogen (secondary N) is 1. The van der Waals surface area contributed by atoms with E-state index in [0.29, 0.717) is 11.4 Å². The van der Waals surface area contributed by atoms with Crippen molar-refractivity contribution in [3.05, 3.63) is 52.3 Å². The number of nitrogens with zero attached hydrogens (tertiary/aromatic N) is 1. The standard InChI is InChI=1S/C27H27ClN2O7/c1-13(2)26(34)30-16-8-6-15(7-9-16)29-12-17-18(31)10-14(3)27(24(17)32)25(33)21-19(35-4)11-20(36-5)22(28)23(21)37-27/h6-9,11-14,32H,10H2,1-5H3,(H,30,34)/t14-,27+/m1/s1. The average Bonchev–Trinajstić information content (AvgIpc) is 3.19. The quantitative estimate of drug-likeness (QED) is 0.502. The predicted molar refractivity (Wildman–Crippen MR) is 139 cm³/mol. The Bertz CT molecular complexity index is 1350. The molecule has 0 aromatic heterocycles. The van der Waals surface area contributed by atoms with Gasteiger partial charge in [0.1, 0.15) is 22.1 Å². The number of anilines is 1. The van der Waals surface area contributed by atoms with Crippen LogP contribution in [0.15, 0.2) is 46.7 Å². The van der Waals surface area contributed by atoms with Gasteiger partial charge >= 0.3 is 0 Å². The summed E-state index contributed by atoms with van der Waals surface area (Å²) in [4.78, 5) is 42.8. The molecule has 1 aliphatic carbocycles. The summed E-state index contributed by atoms with van der Waals surface area (Å²) in [6.45, 7) is 5.23. The van der Waals surface area contributed by atoms with Crippen molar-refractivity contribution in [2.75, 3.05) is 19.5 Å². The molecule has 0 unspecified atom stereocenters. The second-order valence-electron chi connectivity index (χ2n) is 9.21. The Balaban J connectivity index is 1.71. The third-order valence-corrected chi connectivity index (χ3v) is 6.87. The predicted octanol–water partition coefficient (Wildman–Crippen LogP) is 5.09. The molecule has 2 aromatic rings. The van der Waals surface area contributed by atoms with Crippen molar-refractivity contribution in [2.45, 2.75) is 32.8 Å². The number of methoxy groups -OCH3 is 2. The Hall–Kier alpha value is -3.85. The van der Waals surface area contributed by atoms with Crippen LogP contribution in [0.3, 0.4) is 0 Å². The maximum absolute atomic E-state index is 13.7. The minimum Gasteiger partial charge on any atom is -0.507 e. The molecular formula is C27H27ClN2O7. The second kappa shape index (κ2) is 9.89. The fourth-order valence-electron chi connectivity index (χ4n) is 4.37. The molecule has 0 saturated heterocycles. The van der Waals surface area contributed by atoms with Gasteiger partial charge in [-0.3, -0.25) is 19.4 Å². The van der Waals surface area contributed by atoms with Crippen LogP contribution in [0.5, 0.6) is 17.2 Å². The van der Waals surface area contributed by atoms with Crippen LogP contribution in [-0.2, 0) is 9.59 Å². The van der Waals surface area contributed by atoms with E-state index in [1.807, 2.05) is 0 Å². The van der Waals surface area contributed by atoms with Crippen LogP contribution in [0.1, 0.15) is 37.6 Å². The number of hydrogen-bond acceptors (Lipinski definition) is 8. The van der Waals surface area contributed by atoms with Gasteiger partial charge in [0.25, 0.3) is 0 Å². The summed E-state index contributed by atoms with van der Waals surface area (Å²) in [5.74, 6) is -2.05. The topological polar surface area (TPSA) is 124 Å². The molecule has 37 heavy (non-hydrogen) atoms. The lowest BCUT2D eigenvalue weighted by Gasteiger charge is -2.36. The lowest BCUT2D eigenvalue weighted by atomic mass is 9.73. The van der Waals surface area contributed by atoms with Gasteiger partial charge in [0.2, 0.25) is 17.3 Å². The highest BCUT2D eigenvalue weighted by molar-refractivity contribution is 6.35. The number of halogens is 1. The number of carbonyl (C=O) groups excluding carboxylic acids is 3. The first-order valence-corrected chi connectivity index (χ1v) is 12.0. The number of hydrogen-bond donors (Lipinski definition) is 2. The summed E-state index contributed by atoms with van der Waals surface area (Å²) >= 11 is 6.44. The fourth-order valence-corrected chi connectivity index (χ4v) is 4.63. The van der Waals surface area contributed by atoms with Gasteiger partial charge < -0.3 is 24.6 Å². The van der Waals surface area contributed by atoms with Crippen molar-refractivity contribution in [2.24, 2.45) is 16.8 Å². The van der Waals surface area contributed by atoms with Crippen molar-refractivity contribution in [3.8, 4) is 17.2 Å². The number of aliphatic hydroxyl groups excluding tert-OH is 1. The van der Waals surface area contributed by atoms with Crippen molar-refractivity contribution in [1.29, 1.82) is 0 Å². The molecule has 1 heterocycles. The van der Waals surface area contributed by atoms with Crippen LogP contribution in [-0.4, -0.2) is 48.6 Å². The number of allylic oxidation sites excluding steroid dienone is 1. The first-order valence-electron chi connectivity index (χ1n) is 11.6. The van der Waals surface area contributed by atoms with Crippen molar-refractivity contribution in [1.82, 2.24) is 0 Å². The van der Waals surface area contributed by atoms with Crippen molar-refractivity contribution < 1.29 is 33.7 Å². The second-order valence-corrected chi connectivity index (χ2v) is 9.58. The lowest BCUT2D eigenvalue weighted by Crippen LogP contribution is -2.52. The summed E-state index contributed by atoms with van der Waals surface area (Å²) in [5, 5.41) is 14.2. The van der Waals surface area contributed by atoms with Crippen molar-refractivity contribution >= 4 is 46.7 Å². The molecule has 2 N–H and O–H groups in total. The molecule has 0 fully saturated rings. The SMILES string of the molecule is COc1cc(OC)c2c(c1Cl)O[C@]1(C2=O)C(O)=C(C=Nc2ccc(NC(=O)C(C)C)cc2)C(=O)C[C@H]1C. The number of rotatable bonds is 6. The maximum atomic E-state index is 13.7. The van der Waals surface area contributed by atoms with E-state index in [9.17, 15) is 19.5 Å². The highest BCUT2D eigenvalue weighted by Gasteiger charge is 2.60. The minimum absolute atomic E-state index is 0.0194. The van der Waals surface area contributed by atoms with Gasteiger partial charge in [0.15, 0.2) is 17.3 Å². The number of aliphatic imine (C=N–C) groups is 1. The number of ether oxygens (including phenoxy) is 3. The Morgan fingerprint density at radius 2 is 1.86 bits per heavy atom. The summed E-state index contributed by atoms with van der Waals surface area (Å²) in [6.07, 6.45) is 1.15. The van der Waals surface area contributed by atoms with Gasteiger partial charge in [0.05, 0.1) is 25.5 Å². The molecule has 0 radical (unpaired) electrons. The molecule has 1 amide bonds. The number of fused-ring (bicyclic) bond motifs is 1. The van der Waals surface area contributed by atoms with Gasteiger partial charge in [-0.05, 0) is 24.3 Å². The van der Waals surface area contributed by atoms with E-state index in [0.717, 1.165) is 0 Å². The molecule has 1 spiro atoms. The third-order valence-electron chi connectivity index (χ3n) is 6.51. The molecular weight excluding hydrogens is 500 g/mol. The monoisotopic (exact) mass is 526 g/mol. The molecule has 2 aromatic carbocycles. The summed E-state index contributed by atoms with van der Waals surface area (Å²) < 4.78 is 16.7. The highest BCUT2D eigenvalue weighted by Crippen LogP contribution is 2.54. The largest absolute Gasteiger partial charge is 0.507 e. The van der Waals surface area contributed by atoms with E-state index in [1.54, 1.807) is 45.0 Å². The van der Waals surface area contributed by atoms with E-state index >= 15 is 0 Å². The Kier molecular flexibility index (Phi) is 7.01. The molecule has 10 heteroatoms. The van der Waals surface area contributed by atoms with Gasteiger partial charge in [-0.2, -0.15) is 0 Å². The Labute approximate surface area is 219 Å². The zero-order chi connectivity index (χ0) is 27.1. The molecule has 2 atom stereocenters. The first-order chi connectivity index (χ1) is 17.5. The van der Waals surface area contributed by atoms with Crippen LogP contribution in [0, 0.1) is 11.8 Å². The lowest BCUT2D eigenvalue weighted by molar-refractivity contribution is -0.119. The summed E-state index contributed by atoms with van der Waals surface area (Å²) in [6, 6.07) is 8.13. The van der Waals surface area contributed by atoms with E-state index in [1.165, 1.54) is 26.5 Å². The Morgan fingerprint density at radius 3 is 2.46 bits per heavy atom. The van der Waals surface area contributed by atoms with Gasteiger partial charge in [-0.25, -0.2) is 0 Å². The van der Waals surface area contributed by atoms with Crippen LogP contribution in [0.4, 0.5) is 11.4 Å². The number of amides is 1. The third kappa shape index (κ3) is 4.33. The van der Waals surface area contributed by atoms with E-state index < -0.39 is 23.1 Å². The number of carbonyl (C=O) groups is 3. The molecule has 2 aliphatic rings. The molecule has 194 valence electrons. The van der Waals surface area contributed by atoms with Gasteiger partial charge in [-0.15, -0.1) is 0 Å². The fraction of sp³-hybridized carbons (Fsp3) is 0.333.